The first kappa shape index (κ1) is 23.1. The average Bonchev–Trinajstić information content (AvgIpc) is 3.23. The van der Waals surface area contributed by atoms with E-state index in [1.807, 2.05) is 56.6 Å². The molecule has 0 aliphatic rings. The monoisotopic (exact) mass is 434 g/mol. The van der Waals surface area contributed by atoms with Gasteiger partial charge in [0, 0.05) is 38.9 Å². The Morgan fingerprint density at radius 2 is 1.91 bits per heavy atom. The summed E-state index contributed by atoms with van der Waals surface area (Å²) in [5, 5.41) is 2.97. The zero-order valence-electron chi connectivity index (χ0n) is 19.0. The lowest BCUT2D eigenvalue weighted by Crippen LogP contribution is -2.41. The molecule has 0 aliphatic heterocycles. The molecule has 0 unspecified atom stereocenters. The van der Waals surface area contributed by atoms with Crippen molar-refractivity contribution in [3.63, 3.8) is 0 Å². The summed E-state index contributed by atoms with van der Waals surface area (Å²) in [7, 11) is 5.15. The molecule has 7 nitrogen and oxygen atoms in total. The first-order valence-electron chi connectivity index (χ1n) is 10.6. The Hall–Kier alpha value is -3.61. The van der Waals surface area contributed by atoms with Crippen LogP contribution in [0.5, 0.6) is 5.88 Å². The molecule has 3 aromatic rings. The van der Waals surface area contributed by atoms with Gasteiger partial charge in [-0.2, -0.15) is 0 Å². The van der Waals surface area contributed by atoms with Gasteiger partial charge < -0.3 is 19.5 Å². The lowest BCUT2D eigenvalue weighted by Gasteiger charge is -2.28. The molecule has 0 fully saturated rings. The molecule has 168 valence electrons. The molecule has 0 saturated heterocycles. The quantitative estimate of drug-likeness (QED) is 0.561. The second-order valence-corrected chi connectivity index (χ2v) is 7.88. The van der Waals surface area contributed by atoms with Crippen LogP contribution in [0.4, 0.5) is 0 Å². The van der Waals surface area contributed by atoms with E-state index < -0.39 is 0 Å². The number of carbonyl (C=O) groups is 2. The topological polar surface area (TPSA) is 76.5 Å². The molecule has 2 aromatic heterocycles. The number of aromatic nitrogens is 2. The molecule has 0 spiro atoms. The summed E-state index contributed by atoms with van der Waals surface area (Å²) in [5.41, 5.74) is 2.98. The smallest absolute Gasteiger partial charge is 0.272 e. The van der Waals surface area contributed by atoms with Crippen LogP contribution in [-0.2, 0) is 13.5 Å². The molecular weight excluding hydrogens is 404 g/mol. The van der Waals surface area contributed by atoms with Gasteiger partial charge in [0.25, 0.3) is 11.8 Å². The predicted molar refractivity (Wildman–Crippen MR) is 124 cm³/mol. The first-order valence-corrected chi connectivity index (χ1v) is 10.6. The van der Waals surface area contributed by atoms with E-state index in [-0.39, 0.29) is 17.9 Å². The zero-order valence-corrected chi connectivity index (χ0v) is 19.0. The number of nitrogens with one attached hydrogen (secondary N) is 1. The Bertz CT molecular complexity index is 1060. The van der Waals surface area contributed by atoms with Gasteiger partial charge in [-0.1, -0.05) is 30.3 Å². The largest absolute Gasteiger partial charge is 0.481 e. The van der Waals surface area contributed by atoms with Gasteiger partial charge >= 0.3 is 0 Å². The van der Waals surface area contributed by atoms with Crippen molar-refractivity contribution in [2.24, 2.45) is 7.05 Å². The third kappa shape index (κ3) is 5.75. The van der Waals surface area contributed by atoms with E-state index >= 15 is 0 Å². The maximum absolute atomic E-state index is 13.2. The summed E-state index contributed by atoms with van der Waals surface area (Å²) in [6.07, 6.45) is 3.12. The second-order valence-electron chi connectivity index (χ2n) is 7.88. The van der Waals surface area contributed by atoms with Crippen molar-refractivity contribution in [2.75, 3.05) is 20.7 Å². The van der Waals surface area contributed by atoms with E-state index in [1.54, 1.807) is 34.7 Å². The summed E-state index contributed by atoms with van der Waals surface area (Å²) in [6.45, 7) is 2.35. The normalized spacial score (nSPS) is 11.6. The van der Waals surface area contributed by atoms with Gasteiger partial charge in [0.15, 0.2) is 0 Å². The van der Waals surface area contributed by atoms with E-state index in [4.69, 9.17) is 4.74 Å². The van der Waals surface area contributed by atoms with Crippen molar-refractivity contribution < 1.29 is 14.3 Å². The molecule has 3 rings (SSSR count). The van der Waals surface area contributed by atoms with Crippen LogP contribution in [-0.4, -0.2) is 53.0 Å². The van der Waals surface area contributed by atoms with E-state index in [0.29, 0.717) is 36.7 Å². The lowest BCUT2D eigenvalue weighted by molar-refractivity contribution is 0.0715. The Balaban J connectivity index is 1.74. The van der Waals surface area contributed by atoms with Crippen LogP contribution in [0.25, 0.3) is 0 Å². The molecule has 0 bridgehead atoms. The van der Waals surface area contributed by atoms with Crippen LogP contribution in [0.3, 0.4) is 0 Å². The number of methoxy groups -OCH3 is 1. The second kappa shape index (κ2) is 10.6. The molecule has 32 heavy (non-hydrogen) atoms. The van der Waals surface area contributed by atoms with Crippen molar-refractivity contribution in [1.82, 2.24) is 19.8 Å². The van der Waals surface area contributed by atoms with Gasteiger partial charge in [0.05, 0.1) is 7.11 Å². The molecule has 2 heterocycles. The molecular formula is C25H30N4O3. The molecule has 0 radical (unpaired) electrons. The highest BCUT2D eigenvalue weighted by atomic mass is 16.5. The standard InChI is InChI=1S/C25H30N4O3/c1-18-15-21(27-23(16-18)32-4)25(31)29(3)20(17-19-9-6-5-7-10-19)12-13-26-24(30)22-11-8-14-28(22)2/h5-11,14-16,20H,12-13,17H2,1-4H3,(H,26,30)/t20-/m1/s1. The average molecular weight is 435 g/mol. The Morgan fingerprint density at radius 3 is 2.56 bits per heavy atom. The first-order chi connectivity index (χ1) is 15.4. The number of amides is 2. The number of aryl methyl sites for hydroxylation is 2. The molecule has 0 aliphatic carbocycles. The molecule has 0 saturated carbocycles. The van der Waals surface area contributed by atoms with Crippen LogP contribution >= 0.6 is 0 Å². The number of hydrogen-bond acceptors (Lipinski definition) is 4. The van der Waals surface area contributed by atoms with Gasteiger partial charge in [-0.15, -0.1) is 0 Å². The maximum atomic E-state index is 13.2. The zero-order chi connectivity index (χ0) is 23.1. The Kier molecular flexibility index (Phi) is 7.65. The highest BCUT2D eigenvalue weighted by molar-refractivity contribution is 5.93. The molecule has 7 heteroatoms. The van der Waals surface area contributed by atoms with Crippen LogP contribution in [0, 0.1) is 6.92 Å². The van der Waals surface area contributed by atoms with Gasteiger partial charge in [0.1, 0.15) is 11.4 Å². The van der Waals surface area contributed by atoms with Crippen molar-refractivity contribution in [3.8, 4) is 5.88 Å². The van der Waals surface area contributed by atoms with Gasteiger partial charge in [-0.05, 0) is 49.1 Å². The van der Waals surface area contributed by atoms with Gasteiger partial charge in [-0.3, -0.25) is 9.59 Å². The highest BCUT2D eigenvalue weighted by Crippen LogP contribution is 2.17. The SMILES string of the molecule is COc1cc(C)cc(C(=O)N(C)[C@H](CCNC(=O)c2cccn2C)Cc2ccccc2)n1. The fourth-order valence-electron chi connectivity index (χ4n) is 3.65. The third-order valence-corrected chi connectivity index (χ3v) is 5.50. The number of pyridine rings is 1. The van der Waals surface area contributed by atoms with Crippen LogP contribution in [0.2, 0.25) is 0 Å². The minimum absolute atomic E-state index is 0.119. The van der Waals surface area contributed by atoms with E-state index in [9.17, 15) is 9.59 Å². The summed E-state index contributed by atoms with van der Waals surface area (Å²) < 4.78 is 7.01. The number of hydrogen-bond donors (Lipinski definition) is 1. The highest BCUT2D eigenvalue weighted by Gasteiger charge is 2.23. The summed E-state index contributed by atoms with van der Waals surface area (Å²) in [4.78, 5) is 31.7. The van der Waals surface area contributed by atoms with Crippen molar-refractivity contribution in [2.45, 2.75) is 25.8 Å². The lowest BCUT2D eigenvalue weighted by atomic mass is 10.0. The van der Waals surface area contributed by atoms with Crippen molar-refractivity contribution in [3.05, 3.63) is 83.3 Å². The summed E-state index contributed by atoms with van der Waals surface area (Å²) >= 11 is 0. The van der Waals surface area contributed by atoms with Gasteiger partial charge in [0.2, 0.25) is 5.88 Å². The van der Waals surface area contributed by atoms with E-state index in [0.717, 1.165) is 11.1 Å². The number of likely N-dealkylation sites (N-methyl/N-ethyl adjacent to an activating group) is 1. The van der Waals surface area contributed by atoms with E-state index in [2.05, 4.69) is 10.3 Å². The summed E-state index contributed by atoms with van der Waals surface area (Å²) in [6, 6.07) is 17.1. The number of nitrogens with zero attached hydrogens (tertiary/aromatic N) is 3. The van der Waals surface area contributed by atoms with Crippen molar-refractivity contribution >= 4 is 11.8 Å². The number of carbonyl (C=O) groups excluding carboxylic acids is 2. The molecule has 2 amide bonds. The van der Waals surface area contributed by atoms with E-state index in [1.165, 1.54) is 7.11 Å². The fourth-order valence-corrected chi connectivity index (χ4v) is 3.65. The van der Waals surface area contributed by atoms with Crippen LogP contribution < -0.4 is 10.1 Å². The van der Waals surface area contributed by atoms with Gasteiger partial charge in [-0.25, -0.2) is 4.98 Å². The number of ether oxygens (including phenoxy) is 1. The summed E-state index contributed by atoms with van der Waals surface area (Å²) in [5.74, 6) is 0.105. The predicted octanol–water partition coefficient (Wildman–Crippen LogP) is 3.24. The fraction of sp³-hybridized carbons (Fsp3) is 0.320. The third-order valence-electron chi connectivity index (χ3n) is 5.50. The van der Waals surface area contributed by atoms with Crippen LogP contribution in [0.15, 0.2) is 60.8 Å². The molecule has 1 N–H and O–H groups in total. The number of benzene rings is 1. The van der Waals surface area contributed by atoms with Crippen molar-refractivity contribution in [1.29, 1.82) is 0 Å². The number of rotatable bonds is 9. The maximum Gasteiger partial charge on any atom is 0.272 e. The molecule has 1 atom stereocenters. The Labute approximate surface area is 189 Å². The minimum atomic E-state index is -0.179. The molecule has 1 aromatic carbocycles. The Morgan fingerprint density at radius 1 is 1.16 bits per heavy atom. The van der Waals surface area contributed by atoms with Crippen LogP contribution in [0.1, 0.15) is 38.5 Å². The minimum Gasteiger partial charge on any atom is -0.481 e.